The Balaban J connectivity index is 0.000000271. The third-order valence-electron chi connectivity index (χ3n) is 6.08. The van der Waals surface area contributed by atoms with Gasteiger partial charge in [-0.3, -0.25) is 9.78 Å². The van der Waals surface area contributed by atoms with Gasteiger partial charge in [-0.15, -0.1) is 0 Å². The Kier molecular flexibility index (Phi) is 7.73. The average molecular weight is 492 g/mol. The fourth-order valence-corrected chi connectivity index (χ4v) is 4.15. The molecule has 7 heteroatoms. The van der Waals surface area contributed by atoms with Crippen LogP contribution >= 0.6 is 11.6 Å². The number of pyridine rings is 2. The molecule has 0 saturated heterocycles. The summed E-state index contributed by atoms with van der Waals surface area (Å²) in [4.78, 5) is 20.4. The van der Waals surface area contributed by atoms with E-state index in [0.717, 1.165) is 12.0 Å². The molecule has 2 atom stereocenters. The van der Waals surface area contributed by atoms with Crippen LogP contribution in [0, 0.1) is 24.6 Å². The molecule has 1 aliphatic carbocycles. The second kappa shape index (κ2) is 10.9. The average Bonchev–Trinajstić information content (AvgIpc) is 3.60. The zero-order chi connectivity index (χ0) is 24.9. The number of hydrogen-bond acceptors (Lipinski definition) is 4. The number of methoxy groups -OCH3 is 1. The highest BCUT2D eigenvalue weighted by atomic mass is 35.5. The van der Waals surface area contributed by atoms with Gasteiger partial charge in [-0.1, -0.05) is 48.9 Å². The van der Waals surface area contributed by atoms with E-state index in [1.54, 1.807) is 31.6 Å². The molecule has 1 N–H and O–H groups in total. The summed E-state index contributed by atoms with van der Waals surface area (Å²) < 4.78 is 19.7. The highest BCUT2D eigenvalue weighted by Gasteiger charge is 2.39. The maximum absolute atomic E-state index is 14.8. The van der Waals surface area contributed by atoms with Crippen LogP contribution in [-0.2, 0) is 16.1 Å². The summed E-state index contributed by atoms with van der Waals surface area (Å²) in [5, 5.41) is 4.07. The van der Waals surface area contributed by atoms with Gasteiger partial charge in [-0.05, 0) is 54.0 Å². The van der Waals surface area contributed by atoms with E-state index in [0.29, 0.717) is 40.2 Å². The molecular formula is C28H27ClFN3O2. The number of benzene rings is 2. The summed E-state index contributed by atoms with van der Waals surface area (Å²) in [5.41, 5.74) is 3.19. The van der Waals surface area contributed by atoms with Crippen molar-refractivity contribution < 1.29 is 13.9 Å². The molecule has 4 aromatic rings. The summed E-state index contributed by atoms with van der Waals surface area (Å²) in [6, 6.07) is 15.4. The van der Waals surface area contributed by atoms with E-state index in [1.165, 1.54) is 11.8 Å². The van der Waals surface area contributed by atoms with Crippen LogP contribution in [0.1, 0.15) is 24.5 Å². The third kappa shape index (κ3) is 5.84. The van der Waals surface area contributed by atoms with Crippen LogP contribution in [0.3, 0.4) is 0 Å². The van der Waals surface area contributed by atoms with Crippen LogP contribution < -0.4 is 5.32 Å². The lowest BCUT2D eigenvalue weighted by atomic mass is 9.99. The minimum absolute atomic E-state index is 0.0157. The first-order chi connectivity index (χ1) is 16.9. The Hall–Kier alpha value is -3.35. The molecule has 180 valence electrons. The first-order valence-corrected chi connectivity index (χ1v) is 11.8. The zero-order valence-electron chi connectivity index (χ0n) is 19.9. The fourth-order valence-electron chi connectivity index (χ4n) is 3.89. The van der Waals surface area contributed by atoms with Crippen LogP contribution in [0.15, 0.2) is 67.1 Å². The molecule has 1 unspecified atom stereocenters. The van der Waals surface area contributed by atoms with Gasteiger partial charge >= 0.3 is 0 Å². The van der Waals surface area contributed by atoms with Gasteiger partial charge in [0.15, 0.2) is 0 Å². The van der Waals surface area contributed by atoms with Crippen molar-refractivity contribution in [3.05, 3.63) is 89.1 Å². The molecule has 0 radical (unpaired) electrons. The largest absolute Gasteiger partial charge is 0.380 e. The van der Waals surface area contributed by atoms with Gasteiger partial charge in [-0.2, -0.15) is 0 Å². The van der Waals surface area contributed by atoms with Gasteiger partial charge in [0.2, 0.25) is 5.91 Å². The van der Waals surface area contributed by atoms with Gasteiger partial charge in [0.25, 0.3) is 0 Å². The Morgan fingerprint density at radius 3 is 2.57 bits per heavy atom. The first kappa shape index (κ1) is 24.8. The minimum atomic E-state index is -0.499. The number of ether oxygens (including phenoxy) is 1. The number of hydrogen-bond donors (Lipinski definition) is 1. The standard InChI is InChI=1S/C20H17ClFN3O.C8H10O/c1-10-3-4-23-8-15(10)14-6-12-7-17(25-20(26)13-5-11(13)2)24-9-16(12)18(21)19(14)22;1-9-7-8-5-3-2-4-6-8/h3-4,6-9,11,13H,5H2,1-2H3,(H,24,25,26);2-6H,7H2,1H3/t11?,13-;/m1./s1. The van der Waals surface area contributed by atoms with E-state index in [-0.39, 0.29) is 16.8 Å². The predicted octanol–water partition coefficient (Wildman–Crippen LogP) is 6.83. The maximum atomic E-state index is 14.8. The van der Waals surface area contributed by atoms with Crippen LogP contribution in [0.25, 0.3) is 21.9 Å². The molecule has 1 amide bonds. The number of carbonyl (C=O) groups is 1. The summed E-state index contributed by atoms with van der Waals surface area (Å²) in [6.07, 6.45) is 5.68. The maximum Gasteiger partial charge on any atom is 0.228 e. The van der Waals surface area contributed by atoms with Gasteiger partial charge in [0.05, 0.1) is 11.6 Å². The second-order valence-corrected chi connectivity index (χ2v) is 9.14. The minimum Gasteiger partial charge on any atom is -0.380 e. The van der Waals surface area contributed by atoms with Crippen molar-refractivity contribution in [3.8, 4) is 11.1 Å². The monoisotopic (exact) mass is 491 g/mol. The van der Waals surface area contributed by atoms with Crippen molar-refractivity contribution in [1.29, 1.82) is 0 Å². The van der Waals surface area contributed by atoms with Crippen molar-refractivity contribution in [2.45, 2.75) is 26.9 Å². The number of carbonyl (C=O) groups excluding carboxylic acids is 1. The van der Waals surface area contributed by atoms with Crippen LogP contribution in [0.2, 0.25) is 5.02 Å². The molecule has 0 bridgehead atoms. The number of aryl methyl sites for hydroxylation is 1. The van der Waals surface area contributed by atoms with Crippen molar-refractivity contribution >= 4 is 34.1 Å². The number of halogens is 2. The van der Waals surface area contributed by atoms with Crippen molar-refractivity contribution in [2.75, 3.05) is 12.4 Å². The van der Waals surface area contributed by atoms with Crippen LogP contribution in [0.4, 0.5) is 10.2 Å². The summed E-state index contributed by atoms with van der Waals surface area (Å²) >= 11 is 6.25. The number of fused-ring (bicyclic) bond motifs is 1. The highest BCUT2D eigenvalue weighted by molar-refractivity contribution is 6.36. The van der Waals surface area contributed by atoms with Gasteiger partial charge in [-0.25, -0.2) is 9.37 Å². The van der Waals surface area contributed by atoms with E-state index in [2.05, 4.69) is 15.3 Å². The highest BCUT2D eigenvalue weighted by Crippen LogP contribution is 2.39. The van der Waals surface area contributed by atoms with Gasteiger partial charge < -0.3 is 10.1 Å². The number of rotatable bonds is 5. The zero-order valence-corrected chi connectivity index (χ0v) is 20.6. The predicted molar refractivity (Wildman–Crippen MR) is 138 cm³/mol. The van der Waals surface area contributed by atoms with Crippen molar-refractivity contribution in [3.63, 3.8) is 0 Å². The van der Waals surface area contributed by atoms with Gasteiger partial charge in [0, 0.05) is 48.1 Å². The van der Waals surface area contributed by atoms with E-state index < -0.39 is 5.82 Å². The summed E-state index contributed by atoms with van der Waals surface area (Å²) in [6.45, 7) is 4.65. The summed E-state index contributed by atoms with van der Waals surface area (Å²) in [7, 11) is 1.70. The third-order valence-corrected chi connectivity index (χ3v) is 6.45. The Morgan fingerprint density at radius 1 is 1.17 bits per heavy atom. The molecular weight excluding hydrogens is 465 g/mol. The Morgan fingerprint density at radius 2 is 1.91 bits per heavy atom. The lowest BCUT2D eigenvalue weighted by Crippen LogP contribution is -2.15. The molecule has 1 saturated carbocycles. The molecule has 2 heterocycles. The molecule has 5 rings (SSSR count). The number of anilines is 1. The van der Waals surface area contributed by atoms with Gasteiger partial charge in [0.1, 0.15) is 11.6 Å². The van der Waals surface area contributed by atoms with Crippen LogP contribution in [-0.4, -0.2) is 23.0 Å². The van der Waals surface area contributed by atoms with Crippen LogP contribution in [0.5, 0.6) is 0 Å². The molecule has 1 aliphatic rings. The molecule has 2 aromatic carbocycles. The fraction of sp³-hybridized carbons (Fsp3) is 0.250. The number of nitrogens with zero attached hydrogens (tertiary/aromatic N) is 2. The van der Waals surface area contributed by atoms with E-state index in [9.17, 15) is 9.18 Å². The van der Waals surface area contributed by atoms with E-state index in [4.69, 9.17) is 16.3 Å². The van der Waals surface area contributed by atoms with Crippen molar-refractivity contribution in [2.24, 2.45) is 11.8 Å². The topological polar surface area (TPSA) is 64.1 Å². The lowest BCUT2D eigenvalue weighted by molar-refractivity contribution is -0.117. The second-order valence-electron chi connectivity index (χ2n) is 8.76. The molecule has 5 nitrogen and oxygen atoms in total. The lowest BCUT2D eigenvalue weighted by Gasteiger charge is -2.12. The molecule has 35 heavy (non-hydrogen) atoms. The normalized spacial score (nSPS) is 16.4. The Labute approximate surface area is 209 Å². The summed E-state index contributed by atoms with van der Waals surface area (Å²) in [5.74, 6) is 0.386. The van der Waals surface area contributed by atoms with E-state index >= 15 is 0 Å². The number of amides is 1. The molecule has 2 aromatic heterocycles. The van der Waals surface area contributed by atoms with E-state index in [1.807, 2.05) is 50.2 Å². The molecule has 1 fully saturated rings. The van der Waals surface area contributed by atoms with Crippen molar-refractivity contribution in [1.82, 2.24) is 9.97 Å². The number of aromatic nitrogens is 2. The first-order valence-electron chi connectivity index (χ1n) is 11.4. The molecule has 0 aliphatic heterocycles. The quantitative estimate of drug-likeness (QED) is 0.332. The smallest absolute Gasteiger partial charge is 0.228 e. The molecule has 0 spiro atoms. The number of nitrogens with one attached hydrogen (secondary N) is 1. The SMILES string of the molecule is COCc1ccccc1.Cc1ccncc1-c1cc2cc(NC(=O)[C@@H]3CC3C)ncc2c(Cl)c1F. The Bertz CT molecular complexity index is 1350.